The molecule has 0 saturated heterocycles. The van der Waals surface area contributed by atoms with Crippen molar-refractivity contribution in [3.63, 3.8) is 0 Å². The normalized spacial score (nSPS) is 11.9. The van der Waals surface area contributed by atoms with Gasteiger partial charge >= 0.3 is 6.18 Å². The van der Waals surface area contributed by atoms with Gasteiger partial charge in [0.05, 0.1) is 27.3 Å². The van der Waals surface area contributed by atoms with Gasteiger partial charge in [0.2, 0.25) is 0 Å². The van der Waals surface area contributed by atoms with E-state index in [1.165, 1.54) is 21.3 Å². The topological polar surface area (TPSA) is 72.1 Å². The molecule has 0 spiro atoms. The highest BCUT2D eigenvalue weighted by atomic mass is 127. The number of halogens is 4. The molecule has 24 heavy (non-hydrogen) atoms. The van der Waals surface area contributed by atoms with Crippen LogP contribution < -0.4 is 20.5 Å². The van der Waals surface area contributed by atoms with Crippen LogP contribution >= 0.6 is 24.0 Å². The van der Waals surface area contributed by atoms with Gasteiger partial charge in [0.1, 0.15) is 0 Å². The number of benzene rings is 1. The minimum atomic E-state index is -4.22. The lowest BCUT2D eigenvalue weighted by molar-refractivity contribution is -0.142. The number of hydrogen-bond donors (Lipinski definition) is 2. The molecule has 0 aliphatic rings. The molecular formula is C14H22F3IN4O2. The molecule has 1 aromatic rings. The van der Waals surface area contributed by atoms with Gasteiger partial charge in [-0.1, -0.05) is 0 Å². The quantitative estimate of drug-likeness (QED) is 0.371. The minimum Gasteiger partial charge on any atom is -0.493 e. The lowest BCUT2D eigenvalue weighted by Crippen LogP contribution is -2.33. The van der Waals surface area contributed by atoms with Crippen LogP contribution in [-0.4, -0.2) is 57.9 Å². The lowest BCUT2D eigenvalue weighted by Gasteiger charge is -2.17. The number of nitrogens with zero attached hydrogens (tertiary/aromatic N) is 2. The van der Waals surface area contributed by atoms with Crippen LogP contribution in [0.5, 0.6) is 11.5 Å². The van der Waals surface area contributed by atoms with Crippen molar-refractivity contribution >= 4 is 35.6 Å². The molecule has 1 rings (SSSR count). The van der Waals surface area contributed by atoms with Crippen molar-refractivity contribution in [1.82, 2.24) is 4.90 Å². The maximum atomic E-state index is 12.2. The molecule has 0 amide bonds. The van der Waals surface area contributed by atoms with E-state index in [0.29, 0.717) is 17.2 Å². The Kier molecular flexibility index (Phi) is 9.82. The molecule has 0 bridgehead atoms. The summed E-state index contributed by atoms with van der Waals surface area (Å²) in [6, 6.07) is 5.10. The maximum Gasteiger partial charge on any atom is 0.401 e. The minimum absolute atomic E-state index is 0. The van der Waals surface area contributed by atoms with Crippen molar-refractivity contribution in [3.05, 3.63) is 18.2 Å². The summed E-state index contributed by atoms with van der Waals surface area (Å²) in [6.45, 7) is -0.682. The van der Waals surface area contributed by atoms with Crippen LogP contribution in [0.3, 0.4) is 0 Å². The predicted octanol–water partition coefficient (Wildman–Crippen LogP) is 2.54. The Morgan fingerprint density at radius 2 is 1.88 bits per heavy atom. The molecule has 0 aliphatic carbocycles. The number of methoxy groups -OCH3 is 2. The van der Waals surface area contributed by atoms with Gasteiger partial charge in [-0.05, 0) is 19.2 Å². The standard InChI is InChI=1S/C14H21F3N4O2.HI/c1-21(9-14(15,16)17)7-6-19-13(18)20-10-4-5-11(22-2)12(8-10)23-3;/h4-5,8H,6-7,9H2,1-3H3,(H3,18,19,20);1H. The highest BCUT2D eigenvalue weighted by Gasteiger charge is 2.28. The zero-order valence-corrected chi connectivity index (χ0v) is 16.0. The van der Waals surface area contributed by atoms with E-state index in [1.807, 2.05) is 0 Å². The van der Waals surface area contributed by atoms with Gasteiger partial charge in [-0.2, -0.15) is 13.2 Å². The predicted molar refractivity (Wildman–Crippen MR) is 98.6 cm³/mol. The van der Waals surface area contributed by atoms with Gasteiger partial charge in [0, 0.05) is 18.3 Å². The molecule has 1 aromatic carbocycles. The Balaban J connectivity index is 0.00000529. The number of nitrogens with one attached hydrogen (secondary N) is 1. The van der Waals surface area contributed by atoms with Crippen molar-refractivity contribution in [1.29, 1.82) is 0 Å². The highest BCUT2D eigenvalue weighted by Crippen LogP contribution is 2.29. The van der Waals surface area contributed by atoms with Crippen LogP contribution in [0.2, 0.25) is 0 Å². The van der Waals surface area contributed by atoms with Crippen molar-refractivity contribution in [2.75, 3.05) is 46.2 Å². The number of aliphatic imine (C=N–C) groups is 1. The summed E-state index contributed by atoms with van der Waals surface area (Å²) in [6.07, 6.45) is -4.22. The third-order valence-electron chi connectivity index (χ3n) is 2.87. The molecule has 3 N–H and O–H groups in total. The first-order chi connectivity index (χ1) is 10.7. The monoisotopic (exact) mass is 462 g/mol. The lowest BCUT2D eigenvalue weighted by atomic mass is 10.3. The molecule has 0 atom stereocenters. The van der Waals surface area contributed by atoms with E-state index in [9.17, 15) is 13.2 Å². The van der Waals surface area contributed by atoms with Crippen molar-refractivity contribution in [2.45, 2.75) is 6.18 Å². The molecule has 0 aromatic heterocycles. The number of alkyl halides is 3. The number of nitrogens with two attached hydrogens (primary N) is 1. The fraction of sp³-hybridized carbons (Fsp3) is 0.500. The number of hydrogen-bond acceptors (Lipinski definition) is 4. The first kappa shape index (κ1) is 22.6. The molecule has 6 nitrogen and oxygen atoms in total. The average molecular weight is 462 g/mol. The summed E-state index contributed by atoms with van der Waals surface area (Å²) in [5, 5.41) is 2.84. The van der Waals surface area contributed by atoms with E-state index in [0.717, 1.165) is 4.90 Å². The van der Waals surface area contributed by atoms with Gasteiger partial charge in [-0.15, -0.1) is 24.0 Å². The van der Waals surface area contributed by atoms with Crippen molar-refractivity contribution in [2.24, 2.45) is 10.7 Å². The second-order valence-corrected chi connectivity index (χ2v) is 4.81. The molecule has 0 heterocycles. The molecule has 0 unspecified atom stereocenters. The first-order valence-corrected chi connectivity index (χ1v) is 6.79. The Hall–Kier alpha value is -1.43. The van der Waals surface area contributed by atoms with E-state index in [1.54, 1.807) is 18.2 Å². The van der Waals surface area contributed by atoms with Crippen LogP contribution in [0.25, 0.3) is 0 Å². The summed E-state index contributed by atoms with van der Waals surface area (Å²) in [7, 11) is 4.41. The summed E-state index contributed by atoms with van der Waals surface area (Å²) >= 11 is 0. The summed E-state index contributed by atoms with van der Waals surface area (Å²) in [5.41, 5.74) is 6.34. The second-order valence-electron chi connectivity index (χ2n) is 4.81. The Labute approximate surface area is 156 Å². The van der Waals surface area contributed by atoms with E-state index >= 15 is 0 Å². The molecule has 0 fully saturated rings. The Bertz CT molecular complexity index is 541. The fourth-order valence-electron chi connectivity index (χ4n) is 1.83. The van der Waals surface area contributed by atoms with E-state index in [4.69, 9.17) is 15.2 Å². The number of guanidine groups is 1. The van der Waals surface area contributed by atoms with Crippen LogP contribution in [0.1, 0.15) is 0 Å². The van der Waals surface area contributed by atoms with Crippen LogP contribution in [0.4, 0.5) is 18.9 Å². The zero-order valence-electron chi connectivity index (χ0n) is 13.7. The molecule has 138 valence electrons. The van der Waals surface area contributed by atoms with Crippen LogP contribution in [-0.2, 0) is 0 Å². The maximum absolute atomic E-state index is 12.2. The Morgan fingerprint density at radius 1 is 1.25 bits per heavy atom. The second kappa shape index (κ2) is 10.4. The largest absolute Gasteiger partial charge is 0.493 e. The molecule has 10 heteroatoms. The number of likely N-dealkylation sites (N-methyl/N-ethyl adjacent to an activating group) is 1. The van der Waals surface area contributed by atoms with Gasteiger partial charge in [-0.3, -0.25) is 9.89 Å². The van der Waals surface area contributed by atoms with E-state index in [-0.39, 0.29) is 43.0 Å². The third-order valence-corrected chi connectivity index (χ3v) is 2.87. The number of rotatable bonds is 7. The third kappa shape index (κ3) is 8.43. The molecule has 0 aliphatic heterocycles. The van der Waals surface area contributed by atoms with Gasteiger partial charge in [0.25, 0.3) is 0 Å². The number of anilines is 1. The summed E-state index contributed by atoms with van der Waals surface area (Å²) in [5.74, 6) is 1.20. The average Bonchev–Trinajstić information content (AvgIpc) is 2.45. The first-order valence-electron chi connectivity index (χ1n) is 6.79. The summed E-state index contributed by atoms with van der Waals surface area (Å²) in [4.78, 5) is 5.12. The molecule has 0 saturated carbocycles. The smallest absolute Gasteiger partial charge is 0.401 e. The summed E-state index contributed by atoms with van der Waals surface area (Å²) < 4.78 is 46.8. The molecule has 0 radical (unpaired) electrons. The van der Waals surface area contributed by atoms with Gasteiger partial charge in [0.15, 0.2) is 17.5 Å². The van der Waals surface area contributed by atoms with Crippen LogP contribution in [0, 0.1) is 0 Å². The van der Waals surface area contributed by atoms with Crippen LogP contribution in [0.15, 0.2) is 23.2 Å². The SMILES string of the molecule is COc1ccc(NC(N)=NCCN(C)CC(F)(F)F)cc1OC.I. The fourth-order valence-corrected chi connectivity index (χ4v) is 1.83. The van der Waals surface area contributed by atoms with Gasteiger partial charge < -0.3 is 20.5 Å². The van der Waals surface area contributed by atoms with Crippen molar-refractivity contribution < 1.29 is 22.6 Å². The van der Waals surface area contributed by atoms with Gasteiger partial charge in [-0.25, -0.2) is 0 Å². The van der Waals surface area contributed by atoms with Crippen molar-refractivity contribution in [3.8, 4) is 11.5 Å². The molecular weight excluding hydrogens is 440 g/mol. The highest BCUT2D eigenvalue weighted by molar-refractivity contribution is 14.0. The Morgan fingerprint density at radius 3 is 2.42 bits per heavy atom. The zero-order chi connectivity index (χ0) is 17.5. The van der Waals surface area contributed by atoms with E-state index < -0.39 is 12.7 Å². The van der Waals surface area contributed by atoms with E-state index in [2.05, 4.69) is 10.3 Å². The number of ether oxygens (including phenoxy) is 2.